The van der Waals surface area contributed by atoms with Gasteiger partial charge in [0.2, 0.25) is 0 Å². The van der Waals surface area contributed by atoms with Gasteiger partial charge in [-0.25, -0.2) is 4.79 Å². The molecule has 6 heteroatoms. The van der Waals surface area contributed by atoms with Crippen LogP contribution in [0.5, 0.6) is 0 Å². The normalized spacial score (nSPS) is 11.2. The van der Waals surface area contributed by atoms with Crippen LogP contribution in [0.3, 0.4) is 0 Å². The van der Waals surface area contributed by atoms with Gasteiger partial charge in [-0.1, -0.05) is 44.0 Å². The Morgan fingerprint density at radius 2 is 1.59 bits per heavy atom. The van der Waals surface area contributed by atoms with E-state index in [0.29, 0.717) is 6.54 Å². The summed E-state index contributed by atoms with van der Waals surface area (Å²) in [7, 11) is 0. The van der Waals surface area contributed by atoms with Gasteiger partial charge in [-0.05, 0) is 30.7 Å². The predicted molar refractivity (Wildman–Crippen MR) is 95.5 cm³/mol. The summed E-state index contributed by atoms with van der Waals surface area (Å²) in [5, 5.41) is 13.5. The molecule has 2 N–H and O–H groups in total. The van der Waals surface area contributed by atoms with E-state index in [1.165, 1.54) is 10.8 Å². The molecule has 0 saturated carbocycles. The van der Waals surface area contributed by atoms with Crippen molar-refractivity contribution in [2.45, 2.75) is 13.0 Å². The second-order valence-electron chi connectivity index (χ2n) is 5.06. The molecule has 1 heterocycles. The Kier molecular flexibility index (Phi) is 4.40. The van der Waals surface area contributed by atoms with Gasteiger partial charge in [0.15, 0.2) is 0 Å². The second kappa shape index (κ2) is 6.30. The van der Waals surface area contributed by atoms with Gasteiger partial charge in [0.25, 0.3) is 0 Å². The Morgan fingerprint density at radius 1 is 1.05 bits per heavy atom. The number of nitrogens with zero attached hydrogens (tertiary/aromatic N) is 1. The van der Waals surface area contributed by atoms with Crippen molar-refractivity contribution in [1.82, 2.24) is 9.88 Å². The van der Waals surface area contributed by atoms with Gasteiger partial charge < -0.3 is 15.0 Å². The van der Waals surface area contributed by atoms with Crippen LogP contribution in [-0.4, -0.2) is 22.3 Å². The van der Waals surface area contributed by atoms with Crippen LogP contribution in [0.15, 0.2) is 45.3 Å². The Labute approximate surface area is 144 Å². The molecule has 3 aromatic rings. The molecule has 1 aromatic heterocycles. The molecule has 0 unspecified atom stereocenters. The van der Waals surface area contributed by atoms with Crippen LogP contribution in [0.1, 0.15) is 6.42 Å². The van der Waals surface area contributed by atoms with E-state index in [4.69, 9.17) is 5.11 Å². The maximum Gasteiger partial charge on any atom is 0.404 e. The molecule has 0 aliphatic rings. The van der Waals surface area contributed by atoms with Gasteiger partial charge in [0.1, 0.15) is 0 Å². The summed E-state index contributed by atoms with van der Waals surface area (Å²) in [6.45, 7) is 1.20. The molecule has 22 heavy (non-hydrogen) atoms. The maximum absolute atomic E-state index is 10.5. The fraction of sp³-hybridized carbons (Fsp3) is 0.188. The molecule has 0 aliphatic heterocycles. The van der Waals surface area contributed by atoms with Gasteiger partial charge in [-0.3, -0.25) is 0 Å². The molecule has 0 bridgehead atoms. The van der Waals surface area contributed by atoms with Crippen molar-refractivity contribution in [3.63, 3.8) is 0 Å². The molecule has 2 aromatic carbocycles. The van der Waals surface area contributed by atoms with Gasteiger partial charge >= 0.3 is 6.09 Å². The molecule has 0 fully saturated rings. The van der Waals surface area contributed by atoms with Crippen molar-refractivity contribution in [2.75, 3.05) is 6.54 Å². The number of fused-ring (bicyclic) bond motifs is 3. The van der Waals surface area contributed by atoms with E-state index in [1.807, 2.05) is 12.1 Å². The average Bonchev–Trinajstić information content (AvgIpc) is 2.76. The number of benzene rings is 2. The van der Waals surface area contributed by atoms with Gasteiger partial charge in [0.05, 0.1) is 11.0 Å². The zero-order valence-electron chi connectivity index (χ0n) is 11.6. The lowest BCUT2D eigenvalue weighted by molar-refractivity contribution is 0.194. The number of carboxylic acid groups (broad SMARTS) is 1. The zero-order valence-corrected chi connectivity index (χ0v) is 14.8. The average molecular weight is 426 g/mol. The number of rotatable bonds is 4. The number of amides is 1. The summed E-state index contributed by atoms with van der Waals surface area (Å²) >= 11 is 7.05. The van der Waals surface area contributed by atoms with Gasteiger partial charge in [-0.15, -0.1) is 0 Å². The Hall–Kier alpha value is -1.53. The van der Waals surface area contributed by atoms with Crippen LogP contribution in [0.25, 0.3) is 21.8 Å². The van der Waals surface area contributed by atoms with E-state index in [2.05, 4.69) is 66.0 Å². The third kappa shape index (κ3) is 2.98. The van der Waals surface area contributed by atoms with E-state index in [-0.39, 0.29) is 0 Å². The van der Waals surface area contributed by atoms with Crippen LogP contribution >= 0.6 is 31.9 Å². The SMILES string of the molecule is O=C(O)NCCCn1c2cc(Br)ccc2c2ccc(Br)cc21. The van der Waals surface area contributed by atoms with Crippen molar-refractivity contribution >= 4 is 59.8 Å². The number of aryl methyl sites for hydroxylation is 1. The molecule has 1 amide bonds. The van der Waals surface area contributed by atoms with Crippen molar-refractivity contribution in [2.24, 2.45) is 0 Å². The smallest absolute Gasteiger partial charge is 0.404 e. The van der Waals surface area contributed by atoms with E-state index in [1.54, 1.807) is 0 Å². The summed E-state index contributed by atoms with van der Waals surface area (Å²) in [5.41, 5.74) is 2.30. The summed E-state index contributed by atoms with van der Waals surface area (Å²) < 4.78 is 4.31. The fourth-order valence-electron chi connectivity index (χ4n) is 2.71. The first-order valence-electron chi connectivity index (χ1n) is 6.90. The fourth-order valence-corrected chi connectivity index (χ4v) is 3.41. The number of carbonyl (C=O) groups is 1. The second-order valence-corrected chi connectivity index (χ2v) is 6.89. The molecular formula is C16H14Br2N2O2. The van der Waals surface area contributed by atoms with Crippen molar-refractivity contribution < 1.29 is 9.90 Å². The quantitative estimate of drug-likeness (QED) is 0.579. The molecule has 0 radical (unpaired) electrons. The van der Waals surface area contributed by atoms with E-state index < -0.39 is 6.09 Å². The number of aromatic nitrogens is 1. The molecular weight excluding hydrogens is 412 g/mol. The molecule has 3 rings (SSSR count). The first kappa shape index (κ1) is 15.4. The third-order valence-corrected chi connectivity index (χ3v) is 4.61. The number of hydrogen-bond acceptors (Lipinski definition) is 1. The van der Waals surface area contributed by atoms with Crippen LogP contribution in [0, 0.1) is 0 Å². The summed E-state index contributed by atoms with van der Waals surface area (Å²) in [6, 6.07) is 12.5. The molecule has 0 aliphatic carbocycles. The highest BCUT2D eigenvalue weighted by atomic mass is 79.9. The van der Waals surface area contributed by atoms with Crippen molar-refractivity contribution in [1.29, 1.82) is 0 Å². The minimum Gasteiger partial charge on any atom is -0.465 e. The molecule has 0 saturated heterocycles. The summed E-state index contributed by atoms with van der Waals surface area (Å²) in [6.07, 6.45) is -0.239. The molecule has 114 valence electrons. The molecule has 0 atom stereocenters. The first-order valence-corrected chi connectivity index (χ1v) is 8.48. The Bertz CT molecular complexity index is 799. The predicted octanol–water partition coefficient (Wildman–Crippen LogP) is 4.98. The van der Waals surface area contributed by atoms with Gasteiger partial charge in [-0.2, -0.15) is 0 Å². The lowest BCUT2D eigenvalue weighted by atomic mass is 10.2. The number of hydrogen-bond donors (Lipinski definition) is 2. The third-order valence-electron chi connectivity index (χ3n) is 3.63. The highest BCUT2D eigenvalue weighted by Gasteiger charge is 2.11. The van der Waals surface area contributed by atoms with Crippen LogP contribution in [-0.2, 0) is 6.54 Å². The lowest BCUT2D eigenvalue weighted by Crippen LogP contribution is -2.22. The monoisotopic (exact) mass is 424 g/mol. The van der Waals surface area contributed by atoms with Crippen molar-refractivity contribution in [3.05, 3.63) is 45.3 Å². The highest BCUT2D eigenvalue weighted by molar-refractivity contribution is 9.10. The Balaban J connectivity index is 2.05. The highest BCUT2D eigenvalue weighted by Crippen LogP contribution is 2.32. The van der Waals surface area contributed by atoms with E-state index in [0.717, 1.165) is 32.9 Å². The van der Waals surface area contributed by atoms with E-state index >= 15 is 0 Å². The number of halogens is 2. The van der Waals surface area contributed by atoms with Crippen molar-refractivity contribution in [3.8, 4) is 0 Å². The summed E-state index contributed by atoms with van der Waals surface area (Å²) in [5.74, 6) is 0. The minimum atomic E-state index is -0.979. The number of nitrogens with one attached hydrogen (secondary N) is 1. The topological polar surface area (TPSA) is 54.3 Å². The van der Waals surface area contributed by atoms with E-state index in [9.17, 15) is 4.79 Å². The summed E-state index contributed by atoms with van der Waals surface area (Å²) in [4.78, 5) is 10.5. The Morgan fingerprint density at radius 3 is 2.09 bits per heavy atom. The van der Waals surface area contributed by atoms with Crippen LogP contribution in [0.2, 0.25) is 0 Å². The lowest BCUT2D eigenvalue weighted by Gasteiger charge is -2.08. The molecule has 0 spiro atoms. The van der Waals surface area contributed by atoms with Crippen LogP contribution < -0.4 is 5.32 Å². The zero-order chi connectivity index (χ0) is 15.7. The maximum atomic E-state index is 10.5. The standard InChI is InChI=1S/C16H14Br2N2O2/c17-10-2-4-12-13-5-3-11(18)9-15(13)20(14(12)8-10)7-1-6-19-16(21)22/h2-5,8-9,19H,1,6-7H2,(H,21,22). The van der Waals surface area contributed by atoms with Crippen LogP contribution in [0.4, 0.5) is 4.79 Å². The first-order chi connectivity index (χ1) is 10.6. The largest absolute Gasteiger partial charge is 0.465 e. The molecule has 4 nitrogen and oxygen atoms in total. The minimum absolute atomic E-state index is 0.443. The van der Waals surface area contributed by atoms with Gasteiger partial charge in [0, 0.05) is 32.8 Å².